The molecule has 1 aliphatic rings. The molecular weight excluding hydrogens is 450 g/mol. The fraction of sp³-hybridized carbons (Fsp3) is 0.318. The molecule has 2 heterocycles. The number of nitrogens with one attached hydrogen (secondary N) is 1. The van der Waals surface area contributed by atoms with Crippen LogP contribution in [0.4, 0.5) is 5.69 Å². The summed E-state index contributed by atoms with van der Waals surface area (Å²) in [5.74, 6) is -0.0910. The van der Waals surface area contributed by atoms with Crippen molar-refractivity contribution in [3.63, 3.8) is 0 Å². The van der Waals surface area contributed by atoms with Gasteiger partial charge in [-0.25, -0.2) is 0 Å². The molecule has 1 N–H and O–H groups in total. The van der Waals surface area contributed by atoms with Gasteiger partial charge in [0, 0.05) is 58.9 Å². The van der Waals surface area contributed by atoms with Crippen LogP contribution in [0.1, 0.15) is 18.4 Å². The number of nitrogens with zero attached hydrogens (tertiary/aromatic N) is 2. The number of hydrogen-bond acceptors (Lipinski definition) is 4. The minimum Gasteiger partial charge on any atom is -0.381 e. The zero-order valence-electron chi connectivity index (χ0n) is 16.3. The average molecular weight is 472 g/mol. The van der Waals surface area contributed by atoms with Crippen molar-refractivity contribution in [2.45, 2.75) is 24.8 Å². The number of carbonyl (C=O) groups is 1. The van der Waals surface area contributed by atoms with Crippen LogP contribution in [0.3, 0.4) is 0 Å². The molecule has 0 radical (unpaired) electrons. The molecule has 1 saturated heterocycles. The summed E-state index contributed by atoms with van der Waals surface area (Å²) in [5.41, 5.74) is 1.87. The summed E-state index contributed by atoms with van der Waals surface area (Å²) in [5, 5.41) is 14.8. The van der Waals surface area contributed by atoms with E-state index in [2.05, 4.69) is 33.4 Å². The number of nitro benzene ring substituents is 1. The Labute approximate surface area is 182 Å². The Morgan fingerprint density at radius 2 is 2.00 bits per heavy atom. The number of fused-ring (bicyclic) bond motifs is 1. The number of ether oxygens (including phenoxy) is 1. The Kier molecular flexibility index (Phi) is 5.87. The van der Waals surface area contributed by atoms with Gasteiger partial charge in [0.15, 0.2) is 0 Å². The van der Waals surface area contributed by atoms with E-state index in [4.69, 9.17) is 4.74 Å². The Morgan fingerprint density at radius 1 is 1.20 bits per heavy atom. The summed E-state index contributed by atoms with van der Waals surface area (Å²) >= 11 is 3.55. The van der Waals surface area contributed by atoms with Gasteiger partial charge in [-0.3, -0.25) is 14.9 Å². The number of nitro groups is 1. The van der Waals surface area contributed by atoms with Gasteiger partial charge in [0.25, 0.3) is 5.69 Å². The van der Waals surface area contributed by atoms with Crippen molar-refractivity contribution in [1.29, 1.82) is 0 Å². The van der Waals surface area contributed by atoms with Gasteiger partial charge in [-0.15, -0.1) is 0 Å². The van der Waals surface area contributed by atoms with E-state index in [-0.39, 0.29) is 23.6 Å². The van der Waals surface area contributed by atoms with Crippen molar-refractivity contribution in [2.24, 2.45) is 0 Å². The van der Waals surface area contributed by atoms with Gasteiger partial charge in [-0.05, 0) is 42.7 Å². The van der Waals surface area contributed by atoms with Crippen LogP contribution in [0.5, 0.6) is 0 Å². The van der Waals surface area contributed by atoms with E-state index in [1.165, 1.54) is 17.7 Å². The van der Waals surface area contributed by atoms with Crippen molar-refractivity contribution >= 4 is 38.4 Å². The Balaban J connectivity index is 1.48. The number of aromatic nitrogens is 1. The molecule has 4 rings (SSSR count). The third-order valence-electron chi connectivity index (χ3n) is 5.79. The number of hydrogen-bond donors (Lipinski definition) is 1. The fourth-order valence-electron chi connectivity index (χ4n) is 4.07. The second-order valence-corrected chi connectivity index (χ2v) is 8.54. The molecule has 8 heteroatoms. The lowest BCUT2D eigenvalue weighted by Crippen LogP contribution is -2.45. The second-order valence-electron chi connectivity index (χ2n) is 7.62. The first-order valence-corrected chi connectivity index (χ1v) is 10.6. The lowest BCUT2D eigenvalue weighted by atomic mass is 9.74. The third kappa shape index (κ3) is 4.24. The van der Waals surface area contributed by atoms with E-state index in [9.17, 15) is 14.9 Å². The summed E-state index contributed by atoms with van der Waals surface area (Å²) in [6.45, 7) is 2.04. The van der Waals surface area contributed by atoms with Gasteiger partial charge in [0.2, 0.25) is 5.91 Å². The SMILES string of the molecule is O=C(Cn1ccc2cc([N+](=O)[O-])ccc21)NCC1(c2cccc(Br)c2)CCOCC1. The van der Waals surface area contributed by atoms with E-state index in [1.807, 2.05) is 16.7 Å². The zero-order chi connectivity index (χ0) is 21.1. The molecule has 0 saturated carbocycles. The largest absolute Gasteiger partial charge is 0.381 e. The van der Waals surface area contributed by atoms with Crippen molar-refractivity contribution in [3.8, 4) is 0 Å². The lowest BCUT2D eigenvalue weighted by molar-refractivity contribution is -0.384. The van der Waals surface area contributed by atoms with Crippen LogP contribution in [-0.4, -0.2) is 35.2 Å². The van der Waals surface area contributed by atoms with Crippen LogP contribution >= 0.6 is 15.9 Å². The summed E-state index contributed by atoms with van der Waals surface area (Å²) in [4.78, 5) is 23.3. The van der Waals surface area contributed by atoms with E-state index >= 15 is 0 Å². The van der Waals surface area contributed by atoms with E-state index in [1.54, 1.807) is 18.3 Å². The Hall–Kier alpha value is -2.71. The number of carbonyl (C=O) groups excluding carboxylic acids is 1. The number of rotatable bonds is 6. The monoisotopic (exact) mass is 471 g/mol. The van der Waals surface area contributed by atoms with Gasteiger partial charge < -0.3 is 14.6 Å². The second kappa shape index (κ2) is 8.57. The number of benzene rings is 2. The van der Waals surface area contributed by atoms with Crippen LogP contribution in [-0.2, 0) is 21.5 Å². The van der Waals surface area contributed by atoms with Crippen LogP contribution < -0.4 is 5.32 Å². The third-order valence-corrected chi connectivity index (χ3v) is 6.28. The maximum atomic E-state index is 12.7. The molecule has 1 fully saturated rings. The van der Waals surface area contributed by atoms with Crippen LogP contribution in [0.2, 0.25) is 0 Å². The van der Waals surface area contributed by atoms with Gasteiger partial charge in [-0.2, -0.15) is 0 Å². The highest BCUT2D eigenvalue weighted by molar-refractivity contribution is 9.10. The topological polar surface area (TPSA) is 86.4 Å². The minimum absolute atomic E-state index is 0.0418. The van der Waals surface area contributed by atoms with Crippen molar-refractivity contribution in [3.05, 3.63) is 74.9 Å². The number of halogens is 1. The summed E-state index contributed by atoms with van der Waals surface area (Å²) < 4.78 is 8.39. The average Bonchev–Trinajstić information content (AvgIpc) is 3.15. The van der Waals surface area contributed by atoms with Gasteiger partial charge in [0.1, 0.15) is 6.54 Å². The molecule has 0 spiro atoms. The highest BCUT2D eigenvalue weighted by Crippen LogP contribution is 2.35. The lowest BCUT2D eigenvalue weighted by Gasteiger charge is -2.38. The molecular formula is C22H22BrN3O4. The summed E-state index contributed by atoms with van der Waals surface area (Å²) in [6, 6.07) is 14.7. The Bertz CT molecular complexity index is 1090. The molecule has 1 aromatic heterocycles. The van der Waals surface area contributed by atoms with Gasteiger partial charge in [-0.1, -0.05) is 28.1 Å². The molecule has 0 bridgehead atoms. The predicted molar refractivity (Wildman–Crippen MR) is 117 cm³/mol. The molecule has 156 valence electrons. The zero-order valence-corrected chi connectivity index (χ0v) is 17.9. The van der Waals surface area contributed by atoms with Crippen molar-refractivity contribution in [2.75, 3.05) is 19.8 Å². The first-order chi connectivity index (χ1) is 14.5. The molecule has 30 heavy (non-hydrogen) atoms. The molecule has 7 nitrogen and oxygen atoms in total. The van der Waals surface area contributed by atoms with Gasteiger partial charge in [0.05, 0.1) is 4.92 Å². The van der Waals surface area contributed by atoms with Crippen LogP contribution in [0, 0.1) is 10.1 Å². The van der Waals surface area contributed by atoms with Crippen LogP contribution in [0.15, 0.2) is 59.2 Å². The van der Waals surface area contributed by atoms with Crippen molar-refractivity contribution in [1.82, 2.24) is 9.88 Å². The van der Waals surface area contributed by atoms with E-state index in [0.29, 0.717) is 19.8 Å². The predicted octanol–water partition coefficient (Wildman–Crippen LogP) is 4.18. The molecule has 2 aromatic carbocycles. The quantitative estimate of drug-likeness (QED) is 0.431. The maximum Gasteiger partial charge on any atom is 0.270 e. The fourth-order valence-corrected chi connectivity index (χ4v) is 4.46. The highest BCUT2D eigenvalue weighted by atomic mass is 79.9. The minimum atomic E-state index is -0.418. The Morgan fingerprint density at radius 3 is 2.73 bits per heavy atom. The first-order valence-electron chi connectivity index (χ1n) is 9.81. The summed E-state index contributed by atoms with van der Waals surface area (Å²) in [7, 11) is 0. The molecule has 1 aliphatic heterocycles. The molecule has 1 amide bonds. The van der Waals surface area contributed by atoms with Crippen molar-refractivity contribution < 1.29 is 14.5 Å². The molecule has 0 unspecified atom stereocenters. The van der Waals surface area contributed by atoms with E-state index in [0.717, 1.165) is 28.2 Å². The molecule has 0 atom stereocenters. The highest BCUT2D eigenvalue weighted by Gasteiger charge is 2.35. The summed E-state index contributed by atoms with van der Waals surface area (Å²) in [6.07, 6.45) is 3.48. The number of amides is 1. The normalized spacial score (nSPS) is 15.8. The molecule has 0 aliphatic carbocycles. The first kappa shape index (κ1) is 20.6. The standard InChI is InChI=1S/C22H22BrN3O4/c23-18-3-1-2-17(13-18)22(7-10-30-11-8-22)15-24-21(27)14-25-9-6-16-12-19(26(28)29)4-5-20(16)25/h1-6,9,12-13H,7-8,10-11,14-15H2,(H,24,27). The smallest absolute Gasteiger partial charge is 0.270 e. The van der Waals surface area contributed by atoms with Crippen LogP contribution in [0.25, 0.3) is 10.9 Å². The number of non-ortho nitro benzene ring substituents is 1. The maximum absolute atomic E-state index is 12.7. The molecule has 3 aromatic rings. The van der Waals surface area contributed by atoms with Gasteiger partial charge >= 0.3 is 0 Å². The van der Waals surface area contributed by atoms with E-state index < -0.39 is 4.92 Å².